The molecule has 0 saturated heterocycles. The van der Waals surface area contributed by atoms with Crippen LogP contribution in [0.4, 0.5) is 10.3 Å². The molecule has 0 saturated carbocycles. The largest absolute Gasteiger partial charge is 1.00 e. The van der Waals surface area contributed by atoms with Gasteiger partial charge in [-0.05, 0) is 30.1 Å². The van der Waals surface area contributed by atoms with Crippen LogP contribution in [0.3, 0.4) is 0 Å². The number of carbonyl (C=O) groups excluding carboxylic acids is 1. The van der Waals surface area contributed by atoms with E-state index in [1.165, 1.54) is 19.2 Å². The fourth-order valence-corrected chi connectivity index (χ4v) is 3.19. The zero-order valence-corrected chi connectivity index (χ0v) is 22.3. The van der Waals surface area contributed by atoms with Gasteiger partial charge < -0.3 is 20.1 Å². The molecule has 2 aromatic rings. The molecule has 1 aromatic carbocycles. The summed E-state index contributed by atoms with van der Waals surface area (Å²) in [6.45, 7) is 3.40. The molecule has 34 heavy (non-hydrogen) atoms. The van der Waals surface area contributed by atoms with Crippen LogP contribution in [0, 0.1) is 5.82 Å². The topological polar surface area (TPSA) is 144 Å². The number of hydrogen-bond donors (Lipinski definition) is 2. The number of carbonyl (C=O) groups is 1. The van der Waals surface area contributed by atoms with Gasteiger partial charge in [-0.25, -0.2) is 27.1 Å². The van der Waals surface area contributed by atoms with Gasteiger partial charge in [0.05, 0.1) is 35.3 Å². The average molecular weight is 508 g/mol. The minimum absolute atomic E-state index is 0. The summed E-state index contributed by atoms with van der Waals surface area (Å²) in [5.74, 6) is -3.64. The number of aliphatic carboxylic acids is 1. The Morgan fingerprint density at radius 3 is 2.35 bits per heavy atom. The molecule has 2 rings (SSSR count). The second kappa shape index (κ2) is 12.7. The number of hydrogen-bond acceptors (Lipinski definition) is 8. The van der Waals surface area contributed by atoms with Crippen molar-refractivity contribution < 1.29 is 68.0 Å². The molecule has 0 bridgehead atoms. The number of halogens is 1. The third kappa shape index (κ3) is 8.40. The van der Waals surface area contributed by atoms with E-state index in [0.717, 1.165) is 10.6 Å². The van der Waals surface area contributed by atoms with Crippen LogP contribution in [0.1, 0.15) is 49.3 Å². The van der Waals surface area contributed by atoms with Crippen molar-refractivity contribution in [2.75, 3.05) is 17.6 Å². The Morgan fingerprint density at radius 2 is 1.85 bits per heavy atom. The van der Waals surface area contributed by atoms with E-state index in [9.17, 15) is 32.9 Å². The number of carboxylic acid groups (broad SMARTS) is 1. The van der Waals surface area contributed by atoms with Crippen LogP contribution in [-0.2, 0) is 14.8 Å². The number of carboxylic acids is 1. The van der Waals surface area contributed by atoms with Gasteiger partial charge in [-0.15, -0.1) is 0 Å². The predicted octanol–water partition coefficient (Wildman–Crippen LogP) is -1.93. The SMILES string of the molecule is [2H]c1c([2H])c(-c2nc(N(C)S(C)(=O)=O)nc(C(C)C)c2C=CC(O)CC(O)CC(=O)[O-])c([2H])c([2H])c1F.[Na+]. The molecule has 0 amide bonds. The van der Waals surface area contributed by atoms with E-state index < -0.39 is 76.1 Å². The number of aliphatic hydroxyl groups is 2. The summed E-state index contributed by atoms with van der Waals surface area (Å²) >= 11 is 0. The second-order valence-electron chi connectivity index (χ2n) is 7.64. The van der Waals surface area contributed by atoms with E-state index in [1.54, 1.807) is 13.8 Å². The molecule has 12 heteroatoms. The van der Waals surface area contributed by atoms with Crippen LogP contribution < -0.4 is 39.0 Å². The first kappa shape index (κ1) is 23.8. The number of aliphatic hydroxyl groups excluding tert-OH is 2. The Kier molecular flexibility index (Phi) is 8.91. The van der Waals surface area contributed by atoms with Gasteiger partial charge in [-0.1, -0.05) is 26.0 Å². The Bertz CT molecular complexity index is 1320. The normalized spacial score (nSPS) is 15.2. The monoisotopic (exact) mass is 507 g/mol. The molecule has 0 radical (unpaired) electrons. The number of nitrogens with zero attached hydrogens (tertiary/aromatic N) is 3. The summed E-state index contributed by atoms with van der Waals surface area (Å²) in [7, 11) is -2.68. The first-order valence-electron chi connectivity index (χ1n) is 11.8. The van der Waals surface area contributed by atoms with Crippen LogP contribution in [-0.4, -0.2) is 60.1 Å². The molecular formula is C22H27FN3NaO6S. The zero-order chi connectivity index (χ0) is 28.4. The van der Waals surface area contributed by atoms with Gasteiger partial charge in [0.25, 0.3) is 0 Å². The van der Waals surface area contributed by atoms with E-state index in [1.807, 2.05) is 0 Å². The first-order chi connectivity index (χ1) is 17.0. The molecule has 180 valence electrons. The van der Waals surface area contributed by atoms with E-state index in [2.05, 4.69) is 9.97 Å². The summed E-state index contributed by atoms with van der Waals surface area (Å²) in [5.41, 5.74) is -0.383. The van der Waals surface area contributed by atoms with Gasteiger partial charge >= 0.3 is 29.6 Å². The molecule has 0 aliphatic rings. The Balaban J connectivity index is 0.00000722. The molecule has 2 unspecified atom stereocenters. The van der Waals surface area contributed by atoms with E-state index in [0.29, 0.717) is 0 Å². The van der Waals surface area contributed by atoms with Gasteiger partial charge in [0, 0.05) is 37.0 Å². The van der Waals surface area contributed by atoms with Gasteiger partial charge in [-0.3, -0.25) is 0 Å². The molecule has 2 atom stereocenters. The quantitative estimate of drug-likeness (QED) is 0.354. The number of rotatable bonds is 10. The van der Waals surface area contributed by atoms with E-state index >= 15 is 0 Å². The number of benzene rings is 1. The van der Waals surface area contributed by atoms with Crippen LogP contribution >= 0.6 is 0 Å². The van der Waals surface area contributed by atoms with Crippen LogP contribution in [0.5, 0.6) is 0 Å². The Labute approximate surface area is 226 Å². The predicted molar refractivity (Wildman–Crippen MR) is 120 cm³/mol. The second-order valence-corrected chi connectivity index (χ2v) is 9.65. The van der Waals surface area contributed by atoms with Crippen molar-refractivity contribution in [2.24, 2.45) is 0 Å². The average Bonchev–Trinajstić information content (AvgIpc) is 2.78. The maximum absolute atomic E-state index is 14.2. The van der Waals surface area contributed by atoms with Crippen molar-refractivity contribution in [1.82, 2.24) is 9.97 Å². The molecule has 0 spiro atoms. The molecule has 1 aromatic heterocycles. The minimum Gasteiger partial charge on any atom is -0.550 e. The molecule has 9 nitrogen and oxygen atoms in total. The van der Waals surface area contributed by atoms with Crippen molar-refractivity contribution in [1.29, 1.82) is 0 Å². The van der Waals surface area contributed by atoms with Crippen molar-refractivity contribution in [3.05, 3.63) is 47.3 Å². The number of anilines is 1. The zero-order valence-electron chi connectivity index (χ0n) is 23.5. The summed E-state index contributed by atoms with van der Waals surface area (Å²) in [5, 5.41) is 30.7. The Hall–Kier alpha value is -1.89. The fraction of sp³-hybridized carbons (Fsp3) is 0.409. The van der Waals surface area contributed by atoms with Gasteiger partial charge in [0.2, 0.25) is 16.0 Å². The summed E-state index contributed by atoms with van der Waals surface area (Å²) in [4.78, 5) is 19.2. The standard InChI is InChI=1S/C22H28FN3O6S.Na/c1-13(2)20-18(10-9-16(27)11-17(28)12-19(29)30)21(14-5-7-15(23)8-6-14)25-22(24-20)26(3)33(4,31)32;/h5-10,13,16-17,27-28H,11-12H2,1-4H3,(H,29,30);/q;+1/p-1/i5D,6D,7D,8D;. The van der Waals surface area contributed by atoms with Crippen molar-refractivity contribution in [3.8, 4) is 11.3 Å². The summed E-state index contributed by atoms with van der Waals surface area (Å²) in [6, 6.07) is -3.45. The van der Waals surface area contributed by atoms with E-state index in [4.69, 9.17) is 5.48 Å². The molecule has 2 N–H and O–H groups in total. The minimum atomic E-state index is -3.86. The third-order valence-corrected chi connectivity index (χ3v) is 5.68. The number of sulfonamides is 1. The van der Waals surface area contributed by atoms with E-state index in [-0.39, 0.29) is 58.9 Å². The number of aromatic nitrogens is 2. The maximum atomic E-state index is 14.2. The van der Waals surface area contributed by atoms with Crippen LogP contribution in [0.15, 0.2) is 30.2 Å². The first-order valence-corrected chi connectivity index (χ1v) is 11.7. The smallest absolute Gasteiger partial charge is 0.550 e. The van der Waals surface area contributed by atoms with Crippen molar-refractivity contribution in [2.45, 2.75) is 44.8 Å². The van der Waals surface area contributed by atoms with Gasteiger partial charge in [0.1, 0.15) is 5.82 Å². The summed E-state index contributed by atoms with van der Waals surface area (Å²) < 4.78 is 71.6. The van der Waals surface area contributed by atoms with Crippen molar-refractivity contribution >= 4 is 28.0 Å². The van der Waals surface area contributed by atoms with Crippen LogP contribution in [0.2, 0.25) is 0 Å². The molecule has 0 aliphatic heterocycles. The molecule has 0 fully saturated rings. The van der Waals surface area contributed by atoms with Gasteiger partial charge in [0.15, 0.2) is 0 Å². The molecule has 1 heterocycles. The maximum Gasteiger partial charge on any atom is 1.00 e. The van der Waals surface area contributed by atoms with Crippen LogP contribution in [0.25, 0.3) is 17.3 Å². The fourth-order valence-electron chi connectivity index (χ4n) is 2.81. The molecule has 0 aliphatic carbocycles. The Morgan fingerprint density at radius 1 is 1.26 bits per heavy atom. The van der Waals surface area contributed by atoms with Gasteiger partial charge in [-0.2, -0.15) is 0 Å². The molecular weight excluding hydrogens is 476 g/mol. The third-order valence-electron chi connectivity index (χ3n) is 4.52. The van der Waals surface area contributed by atoms with Crippen molar-refractivity contribution in [3.63, 3.8) is 0 Å². The summed E-state index contributed by atoms with van der Waals surface area (Å²) in [6.07, 6.45) is -0.498.